The Morgan fingerprint density at radius 2 is 2.16 bits per heavy atom. The molecule has 0 aliphatic heterocycles. The maximum absolute atomic E-state index is 8.42. The van der Waals surface area contributed by atoms with E-state index in [0.717, 1.165) is 0 Å². The van der Waals surface area contributed by atoms with Crippen LogP contribution in [0.25, 0.3) is 0 Å². The molecule has 1 atom stereocenters. The summed E-state index contributed by atoms with van der Waals surface area (Å²) in [6, 6.07) is 3.65. The highest BCUT2D eigenvalue weighted by Crippen LogP contribution is 2.26. The monoisotopic (exact) mass is 269 g/mol. The van der Waals surface area contributed by atoms with Crippen molar-refractivity contribution in [3.8, 4) is 5.75 Å². The molecule has 0 aromatic heterocycles. The SMILES string of the molecule is [2H]c1c([2H])c([2H])c(C([2H])([2H])[2H])c(OC(c2ccccc2)C([2H])([2H])C([2H])([2H])NC([2H])([2H])[2H])c1[2H]. The van der Waals surface area contributed by atoms with Gasteiger partial charge in [-0.2, -0.15) is 0 Å². The number of rotatable bonds is 6. The summed E-state index contributed by atoms with van der Waals surface area (Å²) in [6.07, 6.45) is -5.19. The van der Waals surface area contributed by atoms with Crippen molar-refractivity contribution in [1.29, 1.82) is 0 Å². The first-order chi connectivity index (χ1) is 14.8. The number of nitrogens with one attached hydrogen (secondary N) is 1. The lowest BCUT2D eigenvalue weighted by Crippen LogP contribution is -2.16. The van der Waals surface area contributed by atoms with Gasteiger partial charge in [-0.25, -0.2) is 0 Å². The minimum atomic E-state index is -3.25. The topological polar surface area (TPSA) is 21.3 Å². The molecule has 0 heterocycles. The molecular weight excluding hydrogens is 234 g/mol. The molecule has 0 aliphatic carbocycles. The summed E-state index contributed by atoms with van der Waals surface area (Å²) in [7, 11) is 0. The molecule has 19 heavy (non-hydrogen) atoms. The molecule has 0 aliphatic rings. The average molecular weight is 269 g/mol. The van der Waals surface area contributed by atoms with Gasteiger partial charge in [0.25, 0.3) is 0 Å². The molecule has 100 valence electrons. The summed E-state index contributed by atoms with van der Waals surface area (Å²) in [5.41, 5.74) is -0.933. The van der Waals surface area contributed by atoms with Gasteiger partial charge in [0.15, 0.2) is 0 Å². The minimum Gasteiger partial charge on any atom is -0.485 e. The van der Waals surface area contributed by atoms with E-state index in [-0.39, 0.29) is 5.56 Å². The lowest BCUT2D eigenvalue weighted by molar-refractivity contribution is 0.193. The quantitative estimate of drug-likeness (QED) is 0.863. The summed E-state index contributed by atoms with van der Waals surface area (Å²) in [5.74, 6) is -0.886. The first kappa shape index (κ1) is 4.35. The Kier molecular flexibility index (Phi) is 1.59. The van der Waals surface area contributed by atoms with Crippen molar-refractivity contribution in [2.75, 3.05) is 13.5 Å². The zero-order chi connectivity index (χ0) is 25.6. The standard InChI is InChI=1S/C17H21NO/c1-14-8-6-7-11-16(14)19-17(12-13-18-2)15-9-4-3-5-10-15/h3-11,17-18H,12-13H2,1-2H3/i1D3,2D3,6D,7D,8D,11D,12D2,13D2. The fraction of sp³-hybridized carbons (Fsp3) is 0.294. The third-order valence-corrected chi connectivity index (χ3v) is 2.26. The fourth-order valence-electron chi connectivity index (χ4n) is 1.42. The highest BCUT2D eigenvalue weighted by Gasteiger charge is 2.13. The van der Waals surface area contributed by atoms with Crippen LogP contribution in [-0.4, -0.2) is 13.5 Å². The number of para-hydroxylation sites is 1. The largest absolute Gasteiger partial charge is 0.485 e. The van der Waals surface area contributed by atoms with Gasteiger partial charge in [-0.1, -0.05) is 48.5 Å². The second kappa shape index (κ2) is 6.95. The van der Waals surface area contributed by atoms with Gasteiger partial charge in [0.2, 0.25) is 0 Å². The Hall–Kier alpha value is -1.80. The normalized spacial score (nSPS) is 25.7. The maximum Gasteiger partial charge on any atom is 0.125 e. The Labute approximate surface area is 135 Å². The zero-order valence-electron chi connectivity index (χ0n) is 23.9. The summed E-state index contributed by atoms with van der Waals surface area (Å²) < 4.78 is 115. The molecule has 0 bridgehead atoms. The summed E-state index contributed by atoms with van der Waals surface area (Å²) >= 11 is 0. The maximum atomic E-state index is 8.42. The number of hydrogen-bond acceptors (Lipinski definition) is 2. The first-order valence-corrected chi connectivity index (χ1v) is 5.43. The van der Waals surface area contributed by atoms with Crippen LogP contribution in [-0.2, 0) is 0 Å². The predicted octanol–water partition coefficient (Wildman–Crippen LogP) is 3.72. The highest BCUT2D eigenvalue weighted by atomic mass is 16.5. The van der Waals surface area contributed by atoms with Crippen LogP contribution in [0.15, 0.2) is 54.5 Å². The Morgan fingerprint density at radius 1 is 1.32 bits per heavy atom. The lowest BCUT2D eigenvalue weighted by Gasteiger charge is -2.20. The molecule has 2 rings (SSSR count). The van der Waals surface area contributed by atoms with Crippen LogP contribution in [0.4, 0.5) is 0 Å². The number of hydrogen-bond donors (Lipinski definition) is 1. The average Bonchev–Trinajstić information content (AvgIpc) is 2.65. The molecule has 1 unspecified atom stereocenters. The van der Waals surface area contributed by atoms with Crippen LogP contribution in [0.5, 0.6) is 5.75 Å². The molecule has 0 saturated heterocycles. The van der Waals surface area contributed by atoms with E-state index >= 15 is 0 Å². The van der Waals surface area contributed by atoms with Gasteiger partial charge >= 0.3 is 0 Å². The van der Waals surface area contributed by atoms with Crippen molar-refractivity contribution < 1.29 is 23.9 Å². The zero-order valence-corrected chi connectivity index (χ0v) is 9.87. The molecule has 0 fully saturated rings. The second-order valence-corrected chi connectivity index (χ2v) is 3.51. The molecule has 2 aromatic rings. The van der Waals surface area contributed by atoms with Crippen LogP contribution < -0.4 is 10.1 Å². The Balaban J connectivity index is 2.79. The summed E-state index contributed by atoms with van der Waals surface area (Å²) in [5, 5.41) is 1.58. The van der Waals surface area contributed by atoms with Gasteiger partial charge in [0.05, 0.1) is 5.48 Å². The van der Waals surface area contributed by atoms with Crippen LogP contribution in [0.3, 0.4) is 0 Å². The van der Waals surface area contributed by atoms with Crippen molar-refractivity contribution in [2.24, 2.45) is 0 Å². The van der Waals surface area contributed by atoms with E-state index in [9.17, 15) is 0 Å². The van der Waals surface area contributed by atoms with Gasteiger partial charge in [-0.15, -0.1) is 0 Å². The van der Waals surface area contributed by atoms with Gasteiger partial charge in [0.1, 0.15) is 11.9 Å². The van der Waals surface area contributed by atoms with Crippen LogP contribution in [0, 0.1) is 6.85 Å². The second-order valence-electron chi connectivity index (χ2n) is 3.51. The number of ether oxygens (including phenoxy) is 1. The Morgan fingerprint density at radius 3 is 2.95 bits per heavy atom. The van der Waals surface area contributed by atoms with Crippen molar-refractivity contribution in [3.63, 3.8) is 0 Å². The van der Waals surface area contributed by atoms with Crippen molar-refractivity contribution in [1.82, 2.24) is 5.32 Å². The van der Waals surface area contributed by atoms with Gasteiger partial charge in [-0.3, -0.25) is 0 Å². The third-order valence-electron chi connectivity index (χ3n) is 2.26. The lowest BCUT2D eigenvalue weighted by atomic mass is 10.1. The van der Waals surface area contributed by atoms with Crippen molar-refractivity contribution >= 4 is 0 Å². The van der Waals surface area contributed by atoms with E-state index < -0.39 is 68.3 Å². The van der Waals surface area contributed by atoms with Crippen molar-refractivity contribution in [2.45, 2.75) is 19.3 Å². The Bertz CT molecular complexity index is 1000. The fourth-order valence-corrected chi connectivity index (χ4v) is 1.42. The van der Waals surface area contributed by atoms with E-state index in [1.165, 1.54) is 24.3 Å². The highest BCUT2D eigenvalue weighted by molar-refractivity contribution is 5.33. The van der Waals surface area contributed by atoms with Crippen LogP contribution >= 0.6 is 0 Å². The molecule has 2 heteroatoms. The van der Waals surface area contributed by atoms with Gasteiger partial charge in [-0.05, 0) is 37.5 Å². The predicted molar refractivity (Wildman–Crippen MR) is 79.5 cm³/mol. The van der Waals surface area contributed by atoms with Gasteiger partial charge in [0, 0.05) is 20.1 Å². The minimum absolute atomic E-state index is 0.0254. The summed E-state index contributed by atoms with van der Waals surface area (Å²) in [4.78, 5) is 0. The van der Waals surface area contributed by atoms with E-state index in [0.29, 0.717) is 0 Å². The van der Waals surface area contributed by atoms with E-state index in [2.05, 4.69) is 0 Å². The van der Waals surface area contributed by atoms with Gasteiger partial charge < -0.3 is 10.1 Å². The van der Waals surface area contributed by atoms with Crippen LogP contribution in [0.1, 0.15) is 42.8 Å². The molecule has 0 saturated carbocycles. The van der Waals surface area contributed by atoms with Crippen LogP contribution in [0.2, 0.25) is 0 Å². The van der Waals surface area contributed by atoms with E-state index in [4.69, 9.17) is 23.9 Å². The molecule has 0 radical (unpaired) electrons. The molecular formula is C17H21NO. The van der Waals surface area contributed by atoms with E-state index in [1.807, 2.05) is 0 Å². The van der Waals surface area contributed by atoms with Crippen molar-refractivity contribution in [3.05, 3.63) is 65.6 Å². The summed E-state index contributed by atoms with van der Waals surface area (Å²) in [6.45, 7) is -9.42. The smallest absolute Gasteiger partial charge is 0.125 e. The number of benzene rings is 2. The molecule has 1 N–H and O–H groups in total. The third kappa shape index (κ3) is 3.83. The molecule has 0 spiro atoms. The molecule has 2 aromatic carbocycles. The molecule has 2 nitrogen and oxygen atoms in total. The molecule has 0 amide bonds. The first-order valence-electron chi connectivity index (χ1n) is 12.4. The van der Waals surface area contributed by atoms with E-state index in [1.54, 1.807) is 11.4 Å².